The second-order valence-electron chi connectivity index (χ2n) is 7.23. The van der Waals surface area contributed by atoms with Crippen molar-refractivity contribution in [2.75, 3.05) is 13.7 Å². The molecule has 0 aliphatic carbocycles. The number of nitrogens with zero attached hydrogens (tertiary/aromatic N) is 3. The highest BCUT2D eigenvalue weighted by atomic mass is 35.5. The van der Waals surface area contributed by atoms with Gasteiger partial charge >= 0.3 is 5.91 Å². The third kappa shape index (κ3) is 5.10. The minimum atomic E-state index is -0.574. The Morgan fingerprint density at radius 2 is 1.87 bits per heavy atom. The van der Waals surface area contributed by atoms with E-state index in [1.54, 1.807) is 42.0 Å². The Balaban J connectivity index is 1.83. The maximum atomic E-state index is 12.1. The molecule has 0 saturated heterocycles. The van der Waals surface area contributed by atoms with Crippen LogP contribution in [0, 0.1) is 5.92 Å². The zero-order valence-corrected chi connectivity index (χ0v) is 17.9. The summed E-state index contributed by atoms with van der Waals surface area (Å²) in [4.78, 5) is 12.1. The van der Waals surface area contributed by atoms with E-state index in [-0.39, 0.29) is 18.2 Å². The van der Waals surface area contributed by atoms with Gasteiger partial charge in [0.15, 0.2) is 12.3 Å². The second-order valence-corrected chi connectivity index (χ2v) is 7.66. The molecule has 0 bridgehead atoms. The molecule has 158 valence electrons. The Labute approximate surface area is 179 Å². The summed E-state index contributed by atoms with van der Waals surface area (Å²) in [5, 5.41) is 19.7. The number of rotatable bonds is 8. The molecule has 0 radical (unpaired) electrons. The predicted octanol–water partition coefficient (Wildman–Crippen LogP) is 5.74. The normalized spacial score (nSPS) is 11.5. The van der Waals surface area contributed by atoms with Crippen LogP contribution in [0.5, 0.6) is 17.4 Å². The number of carbonyl (C=O) groups is 1. The first kappa shape index (κ1) is 21.6. The Hall–Kier alpha value is -3.06. The van der Waals surface area contributed by atoms with E-state index in [1.165, 1.54) is 0 Å². The monoisotopic (exact) mass is 429 g/mol. The topological polar surface area (TPSA) is 85.4 Å². The zero-order chi connectivity index (χ0) is 21.7. The molecule has 3 aromatic rings. The molecular weight excluding hydrogens is 406 g/mol. The summed E-state index contributed by atoms with van der Waals surface area (Å²) in [7, 11) is 1.57. The molecule has 0 fully saturated rings. The van der Waals surface area contributed by atoms with Crippen molar-refractivity contribution in [2.24, 2.45) is 16.1 Å². The molecule has 1 heterocycles. The van der Waals surface area contributed by atoms with Crippen LogP contribution in [0.4, 0.5) is 5.69 Å². The van der Waals surface area contributed by atoms with Crippen LogP contribution < -0.4 is 9.47 Å². The number of aryl methyl sites for hydroxylation is 1. The number of hydrogen-bond acceptors (Lipinski definition) is 5. The molecule has 0 unspecified atom stereocenters. The van der Waals surface area contributed by atoms with E-state index in [1.807, 2.05) is 12.1 Å². The van der Waals surface area contributed by atoms with Crippen LogP contribution in [0.3, 0.4) is 0 Å². The third-order valence-corrected chi connectivity index (χ3v) is 4.84. The lowest BCUT2D eigenvalue weighted by atomic mass is 10.1. The molecule has 7 nitrogen and oxygen atoms in total. The van der Waals surface area contributed by atoms with Gasteiger partial charge in [0.05, 0.1) is 12.6 Å². The van der Waals surface area contributed by atoms with Gasteiger partial charge in [0.1, 0.15) is 11.5 Å². The van der Waals surface area contributed by atoms with Gasteiger partial charge in [-0.25, -0.2) is 0 Å². The van der Waals surface area contributed by atoms with E-state index in [0.717, 1.165) is 11.9 Å². The van der Waals surface area contributed by atoms with Crippen LogP contribution in [-0.2, 0) is 11.3 Å². The molecule has 0 saturated carbocycles. The van der Waals surface area contributed by atoms with E-state index in [4.69, 9.17) is 21.1 Å². The number of fused-ring (bicyclic) bond motifs is 1. The van der Waals surface area contributed by atoms with Crippen molar-refractivity contribution in [3.63, 3.8) is 0 Å². The number of halogens is 1. The molecule has 0 aliphatic heterocycles. The molecule has 3 rings (SSSR count). The van der Waals surface area contributed by atoms with Crippen molar-refractivity contribution in [1.29, 1.82) is 0 Å². The van der Waals surface area contributed by atoms with Crippen LogP contribution in [-0.4, -0.2) is 29.3 Å². The highest BCUT2D eigenvalue weighted by Crippen LogP contribution is 2.40. The fraction of sp³-hybridized carbons (Fsp3) is 0.318. The van der Waals surface area contributed by atoms with Gasteiger partial charge in [-0.3, -0.25) is 4.79 Å². The number of aromatic nitrogens is 1. The number of aromatic hydroxyl groups is 1. The Morgan fingerprint density at radius 3 is 2.53 bits per heavy atom. The van der Waals surface area contributed by atoms with Crippen molar-refractivity contribution >= 4 is 34.1 Å². The van der Waals surface area contributed by atoms with Gasteiger partial charge in [-0.2, -0.15) is 0 Å². The van der Waals surface area contributed by atoms with Crippen molar-refractivity contribution in [3.8, 4) is 17.4 Å². The summed E-state index contributed by atoms with van der Waals surface area (Å²) in [6.45, 7) is 4.58. The number of amides is 1. The van der Waals surface area contributed by atoms with Gasteiger partial charge in [0.25, 0.3) is 0 Å². The van der Waals surface area contributed by atoms with Crippen molar-refractivity contribution in [1.82, 2.24) is 4.57 Å². The fourth-order valence-corrected chi connectivity index (χ4v) is 3.08. The average molecular weight is 430 g/mol. The summed E-state index contributed by atoms with van der Waals surface area (Å²) in [5.74, 6) is 0.986. The van der Waals surface area contributed by atoms with E-state index in [2.05, 4.69) is 24.1 Å². The van der Waals surface area contributed by atoms with Crippen LogP contribution in [0.15, 0.2) is 52.7 Å². The Bertz CT molecular complexity index is 1060. The maximum absolute atomic E-state index is 12.1. The van der Waals surface area contributed by atoms with E-state index in [9.17, 15) is 9.90 Å². The summed E-state index contributed by atoms with van der Waals surface area (Å²) in [6.07, 6.45) is 0.883. The molecule has 0 atom stereocenters. The zero-order valence-electron chi connectivity index (χ0n) is 17.1. The summed E-state index contributed by atoms with van der Waals surface area (Å²) in [6, 6.07) is 12.1. The van der Waals surface area contributed by atoms with E-state index >= 15 is 0 Å². The van der Waals surface area contributed by atoms with Gasteiger partial charge in [0, 0.05) is 17.0 Å². The molecule has 30 heavy (non-hydrogen) atoms. The first-order valence-electron chi connectivity index (χ1n) is 9.61. The second kappa shape index (κ2) is 9.63. The average Bonchev–Trinajstić information content (AvgIpc) is 3.00. The summed E-state index contributed by atoms with van der Waals surface area (Å²) >= 11 is 5.83. The number of hydrogen-bond donors (Lipinski definition) is 1. The molecule has 0 spiro atoms. The number of azo groups is 1. The maximum Gasteiger partial charge on any atom is 0.302 e. The number of ether oxygens (including phenoxy) is 2. The van der Waals surface area contributed by atoms with Crippen molar-refractivity contribution < 1.29 is 19.4 Å². The quantitative estimate of drug-likeness (QED) is 0.462. The largest absolute Gasteiger partial charge is 0.497 e. The van der Waals surface area contributed by atoms with E-state index < -0.39 is 5.91 Å². The highest BCUT2D eigenvalue weighted by Gasteiger charge is 2.18. The lowest BCUT2D eigenvalue weighted by Crippen LogP contribution is -2.07. The smallest absolute Gasteiger partial charge is 0.302 e. The molecular formula is C22H24ClN3O4. The van der Waals surface area contributed by atoms with Crippen molar-refractivity contribution in [2.45, 2.75) is 26.8 Å². The molecule has 1 amide bonds. The predicted molar refractivity (Wildman–Crippen MR) is 116 cm³/mol. The van der Waals surface area contributed by atoms with Gasteiger partial charge < -0.3 is 19.1 Å². The minimum absolute atomic E-state index is 0.0333. The summed E-state index contributed by atoms with van der Waals surface area (Å²) < 4.78 is 12.4. The fourth-order valence-electron chi connectivity index (χ4n) is 2.95. The highest BCUT2D eigenvalue weighted by molar-refractivity contribution is 6.30. The van der Waals surface area contributed by atoms with E-state index in [0.29, 0.717) is 34.4 Å². The van der Waals surface area contributed by atoms with Gasteiger partial charge in [-0.1, -0.05) is 25.4 Å². The SMILES string of the molecule is COc1ccc2c(c1)c(N=NC(=O)COc1ccc(Cl)cc1)c(O)n2CCC(C)C. The Morgan fingerprint density at radius 1 is 1.17 bits per heavy atom. The molecule has 0 aliphatic rings. The standard InChI is InChI=1S/C22H24ClN3O4/c1-14(2)10-11-26-19-9-8-17(29-3)12-18(19)21(22(26)28)25-24-20(27)13-30-16-6-4-15(23)5-7-16/h4-9,12,14,28H,10-11,13H2,1-3H3. The van der Waals surface area contributed by atoms with Crippen LogP contribution in [0.1, 0.15) is 20.3 Å². The third-order valence-electron chi connectivity index (χ3n) is 4.58. The molecule has 8 heteroatoms. The first-order chi connectivity index (χ1) is 14.4. The molecule has 1 aromatic heterocycles. The number of carbonyl (C=O) groups excluding carboxylic acids is 1. The van der Waals surface area contributed by atoms with Crippen molar-refractivity contribution in [3.05, 3.63) is 47.5 Å². The lowest BCUT2D eigenvalue weighted by molar-refractivity contribution is -0.120. The lowest BCUT2D eigenvalue weighted by Gasteiger charge is -2.09. The van der Waals surface area contributed by atoms with Crippen LogP contribution in [0.2, 0.25) is 5.02 Å². The molecule has 1 N–H and O–H groups in total. The number of benzene rings is 2. The van der Waals surface area contributed by atoms with Crippen LogP contribution >= 0.6 is 11.6 Å². The number of methoxy groups -OCH3 is 1. The van der Waals surface area contributed by atoms with Crippen LogP contribution in [0.25, 0.3) is 10.9 Å². The minimum Gasteiger partial charge on any atom is -0.497 e. The molecule has 2 aromatic carbocycles. The van der Waals surface area contributed by atoms with Gasteiger partial charge in [-0.15, -0.1) is 10.2 Å². The first-order valence-corrected chi connectivity index (χ1v) is 9.99. The Kier molecular flexibility index (Phi) is 6.95. The van der Waals surface area contributed by atoms with Gasteiger partial charge in [-0.05, 0) is 54.8 Å². The van der Waals surface area contributed by atoms with Gasteiger partial charge in [0.2, 0.25) is 5.88 Å². The summed E-state index contributed by atoms with van der Waals surface area (Å²) in [5.41, 5.74) is 1.03.